The molecule has 0 spiro atoms. The highest BCUT2D eigenvalue weighted by Crippen LogP contribution is 2.31. The maximum absolute atomic E-state index is 14.5. The van der Waals surface area contributed by atoms with Crippen molar-refractivity contribution in [1.29, 1.82) is 0 Å². The fourth-order valence-corrected chi connectivity index (χ4v) is 8.19. The number of nitrogens with zero attached hydrogens (tertiary/aromatic N) is 8. The Balaban J connectivity index is 1.11. The van der Waals surface area contributed by atoms with Gasteiger partial charge in [0.1, 0.15) is 23.8 Å². The van der Waals surface area contributed by atoms with Crippen molar-refractivity contribution in [3.63, 3.8) is 0 Å². The first kappa shape index (κ1) is 36.6. The van der Waals surface area contributed by atoms with Crippen LogP contribution in [0.4, 0.5) is 5.82 Å². The third-order valence-corrected chi connectivity index (χ3v) is 11.2. The van der Waals surface area contributed by atoms with E-state index in [-0.39, 0.29) is 55.9 Å². The topological polar surface area (TPSA) is 107 Å². The molecule has 12 nitrogen and oxygen atoms in total. The summed E-state index contributed by atoms with van der Waals surface area (Å²) in [7, 11) is 0. The lowest BCUT2D eigenvalue weighted by molar-refractivity contribution is -0.205. The Morgan fingerprint density at radius 3 is 2.36 bits per heavy atom. The molecule has 280 valence electrons. The molecule has 2 atom stereocenters. The van der Waals surface area contributed by atoms with Gasteiger partial charge in [-0.1, -0.05) is 54.6 Å². The first-order chi connectivity index (χ1) is 25.7. The summed E-state index contributed by atoms with van der Waals surface area (Å²) in [6.45, 7) is 15.3. The Bertz CT molecular complexity index is 1760. The fraction of sp³-hybridized carbons (Fsp3) is 0.463. The minimum atomic E-state index is -0.836. The third-order valence-electron chi connectivity index (χ3n) is 11.2. The van der Waals surface area contributed by atoms with Crippen LogP contribution in [0.25, 0.3) is 0 Å². The van der Waals surface area contributed by atoms with Crippen LogP contribution in [0.15, 0.2) is 85.5 Å². The second kappa shape index (κ2) is 16.1. The number of aromatic hydroxyl groups is 1. The summed E-state index contributed by atoms with van der Waals surface area (Å²) in [4.78, 5) is 58.4. The molecule has 1 unspecified atom stereocenters. The van der Waals surface area contributed by atoms with Gasteiger partial charge in [0, 0.05) is 70.7 Å². The number of carbonyl (C=O) groups excluding carboxylic acids is 3. The molecule has 0 saturated carbocycles. The number of hydrogen-bond acceptors (Lipinski definition) is 9. The van der Waals surface area contributed by atoms with Crippen LogP contribution < -0.4 is 4.90 Å². The Morgan fingerprint density at radius 2 is 1.66 bits per heavy atom. The highest BCUT2D eigenvalue weighted by Gasteiger charge is 2.51. The van der Waals surface area contributed by atoms with Crippen molar-refractivity contribution in [2.75, 3.05) is 63.8 Å². The molecule has 4 aliphatic rings. The molecule has 4 fully saturated rings. The molecule has 4 saturated heterocycles. The first-order valence-electron chi connectivity index (χ1n) is 19.0. The SMILES string of the molecule is C=CCN1CC(=O)N2C(CN(Cc3cccc(N4CC(N5CCN(C(C)C)CC5)C4)n3)C(=O)[C@@H]2Cc2ccc(O)cc2)N1C(=O)CCc1ccccc1. The maximum atomic E-state index is 14.5. The number of benzene rings is 2. The lowest BCUT2D eigenvalue weighted by atomic mass is 9.98. The quantitative estimate of drug-likeness (QED) is 0.283. The number of carbonyl (C=O) groups is 3. The number of fused-ring (bicyclic) bond motifs is 1. The number of amides is 3. The van der Waals surface area contributed by atoms with E-state index in [9.17, 15) is 19.5 Å². The van der Waals surface area contributed by atoms with Gasteiger partial charge in [0.15, 0.2) is 0 Å². The van der Waals surface area contributed by atoms with Crippen molar-refractivity contribution in [2.24, 2.45) is 0 Å². The molecule has 1 N–H and O–H groups in total. The van der Waals surface area contributed by atoms with Gasteiger partial charge in [-0.15, -0.1) is 6.58 Å². The molecule has 3 aromatic rings. The Kier molecular flexibility index (Phi) is 11.1. The molecule has 53 heavy (non-hydrogen) atoms. The van der Waals surface area contributed by atoms with Crippen LogP contribution in [-0.2, 0) is 33.8 Å². The van der Waals surface area contributed by atoms with Gasteiger partial charge in [-0.25, -0.2) is 15.0 Å². The van der Waals surface area contributed by atoms with Gasteiger partial charge in [-0.2, -0.15) is 0 Å². The van der Waals surface area contributed by atoms with E-state index in [0.29, 0.717) is 25.0 Å². The van der Waals surface area contributed by atoms with Gasteiger partial charge >= 0.3 is 0 Å². The number of pyridine rings is 1. The summed E-state index contributed by atoms with van der Waals surface area (Å²) >= 11 is 0. The Labute approximate surface area is 312 Å². The number of aromatic nitrogens is 1. The molecular weight excluding hydrogens is 669 g/mol. The summed E-state index contributed by atoms with van der Waals surface area (Å²) in [5.41, 5.74) is 2.62. The summed E-state index contributed by atoms with van der Waals surface area (Å²) in [5.74, 6) is 0.510. The van der Waals surface area contributed by atoms with E-state index in [2.05, 4.69) is 35.1 Å². The van der Waals surface area contributed by atoms with Gasteiger partial charge in [0.05, 0.1) is 25.3 Å². The molecule has 7 rings (SSSR count). The number of hydrogen-bond donors (Lipinski definition) is 1. The summed E-state index contributed by atoms with van der Waals surface area (Å²) in [6, 6.07) is 22.8. The van der Waals surface area contributed by atoms with Gasteiger partial charge in [-0.3, -0.25) is 24.2 Å². The Morgan fingerprint density at radius 1 is 0.925 bits per heavy atom. The minimum Gasteiger partial charge on any atom is -0.508 e. The van der Waals surface area contributed by atoms with E-state index < -0.39 is 12.2 Å². The van der Waals surface area contributed by atoms with Crippen molar-refractivity contribution in [3.8, 4) is 5.75 Å². The number of anilines is 1. The molecule has 0 bridgehead atoms. The van der Waals surface area contributed by atoms with Crippen LogP contribution in [0.5, 0.6) is 5.75 Å². The number of hydrazine groups is 1. The molecule has 4 aliphatic heterocycles. The third kappa shape index (κ3) is 8.09. The lowest BCUT2D eigenvalue weighted by Gasteiger charge is -2.55. The highest BCUT2D eigenvalue weighted by molar-refractivity contribution is 5.92. The second-order valence-electron chi connectivity index (χ2n) is 15.0. The van der Waals surface area contributed by atoms with Crippen molar-refractivity contribution in [1.82, 2.24) is 34.6 Å². The van der Waals surface area contributed by atoms with E-state index in [4.69, 9.17) is 4.98 Å². The van der Waals surface area contributed by atoms with Gasteiger partial charge in [0.25, 0.3) is 0 Å². The normalized spacial score (nSPS) is 21.9. The van der Waals surface area contributed by atoms with Gasteiger partial charge in [-0.05, 0) is 55.7 Å². The standard InChI is InChI=1S/C41H52N8O4/c1-4-19-47-29-40(52)48-36(24-32-13-16-35(50)17-14-32)41(53)46(28-38(48)49(47)39(51)18-15-31-9-6-5-7-10-31)25-33-11-8-12-37(42-33)45-26-34(27-45)44-22-20-43(21-23-44)30(2)3/h4-14,16-17,30,34,36,38,50H,1,15,18-29H2,2-3H3/t36-,38?/m0/s1. The fourth-order valence-electron chi connectivity index (χ4n) is 8.19. The molecule has 2 aromatic carbocycles. The van der Waals surface area contributed by atoms with Crippen LogP contribution in [0.2, 0.25) is 0 Å². The lowest BCUT2D eigenvalue weighted by Crippen LogP contribution is -2.75. The van der Waals surface area contributed by atoms with Gasteiger partial charge in [0.2, 0.25) is 17.7 Å². The van der Waals surface area contributed by atoms with Crippen LogP contribution in [0.3, 0.4) is 0 Å². The summed E-state index contributed by atoms with van der Waals surface area (Å²) in [5, 5.41) is 13.4. The predicted octanol–water partition coefficient (Wildman–Crippen LogP) is 2.99. The first-order valence-corrected chi connectivity index (χ1v) is 19.0. The average molecular weight is 721 g/mol. The van der Waals surface area contributed by atoms with E-state index in [1.54, 1.807) is 50.2 Å². The minimum absolute atomic E-state index is 0.0349. The van der Waals surface area contributed by atoms with E-state index >= 15 is 0 Å². The van der Waals surface area contributed by atoms with E-state index in [1.165, 1.54) is 0 Å². The number of phenolic OH excluding ortho intramolecular Hbond substituents is 1. The second-order valence-corrected chi connectivity index (χ2v) is 15.0. The molecule has 0 aliphatic carbocycles. The molecule has 3 amide bonds. The number of phenols is 1. The molecular formula is C41H52N8O4. The maximum Gasteiger partial charge on any atom is 0.246 e. The Hall–Kier alpha value is -4.78. The van der Waals surface area contributed by atoms with Crippen LogP contribution >= 0.6 is 0 Å². The van der Waals surface area contributed by atoms with Crippen molar-refractivity contribution < 1.29 is 19.5 Å². The average Bonchev–Trinajstić information content (AvgIpc) is 3.13. The number of aryl methyl sites for hydroxylation is 1. The molecule has 12 heteroatoms. The van der Waals surface area contributed by atoms with Gasteiger partial charge < -0.3 is 19.8 Å². The number of rotatable bonds is 12. The van der Waals surface area contributed by atoms with Crippen LogP contribution in [-0.4, -0.2) is 141 Å². The predicted molar refractivity (Wildman–Crippen MR) is 204 cm³/mol. The monoisotopic (exact) mass is 720 g/mol. The zero-order valence-corrected chi connectivity index (χ0v) is 31.0. The van der Waals surface area contributed by atoms with Crippen molar-refractivity contribution >= 4 is 23.5 Å². The zero-order chi connectivity index (χ0) is 37.1. The zero-order valence-electron chi connectivity index (χ0n) is 31.0. The van der Waals surface area contributed by atoms with Crippen molar-refractivity contribution in [3.05, 3.63) is 102 Å². The highest BCUT2D eigenvalue weighted by atomic mass is 16.3. The molecule has 1 aromatic heterocycles. The van der Waals surface area contributed by atoms with E-state index in [1.807, 2.05) is 48.5 Å². The van der Waals surface area contributed by atoms with Crippen LogP contribution in [0, 0.1) is 0 Å². The molecule has 5 heterocycles. The largest absolute Gasteiger partial charge is 0.508 e. The summed E-state index contributed by atoms with van der Waals surface area (Å²) in [6.07, 6.45) is 2.05. The van der Waals surface area contributed by atoms with Crippen molar-refractivity contribution in [2.45, 2.75) is 63.9 Å². The van der Waals surface area contributed by atoms with E-state index in [0.717, 1.165) is 61.9 Å². The molecule has 0 radical (unpaired) electrons. The van der Waals surface area contributed by atoms with Crippen LogP contribution in [0.1, 0.15) is 37.1 Å². The number of piperazine rings is 2. The summed E-state index contributed by atoms with van der Waals surface area (Å²) < 4.78 is 0. The smallest absolute Gasteiger partial charge is 0.246 e.